The first-order valence-corrected chi connectivity index (χ1v) is 10.2. The average molecular weight is 404 g/mol. The molecular weight excluding hydrogens is 374 g/mol. The Morgan fingerprint density at radius 1 is 1.18 bits per heavy atom. The Morgan fingerprint density at radius 2 is 1.96 bits per heavy atom. The molecule has 0 radical (unpaired) electrons. The van der Waals surface area contributed by atoms with Crippen molar-refractivity contribution in [2.24, 2.45) is 5.92 Å². The fourth-order valence-electron chi connectivity index (χ4n) is 3.64. The minimum absolute atomic E-state index is 0.449. The number of methoxy groups -OCH3 is 1. The number of anilines is 2. The number of rotatable bonds is 8. The molecule has 0 amide bonds. The van der Waals surface area contributed by atoms with E-state index in [0.717, 1.165) is 49.0 Å². The van der Waals surface area contributed by atoms with E-state index in [1.807, 2.05) is 49.5 Å². The molecule has 1 aromatic carbocycles. The van der Waals surface area contributed by atoms with Crippen LogP contribution < -0.4 is 20.3 Å². The second-order valence-corrected chi connectivity index (χ2v) is 8.02. The number of benzene rings is 1. The standard InChI is InChI=1S/C21H30ClN5O/c1-27(2)20-10-11-24-21(26-20)25-18-8-4-15(5-9-18)13-23-14-16-6-7-17(22)12-19(16)28-3/h6-7,10-12,15,18,23H,4-5,8-9,13-14H2,1-3H3,(H,24,25,26). The summed E-state index contributed by atoms with van der Waals surface area (Å²) in [5.41, 5.74) is 1.14. The summed E-state index contributed by atoms with van der Waals surface area (Å²) in [6.45, 7) is 1.81. The molecule has 0 saturated heterocycles. The van der Waals surface area contributed by atoms with Crippen molar-refractivity contribution in [3.05, 3.63) is 41.0 Å². The first kappa shape index (κ1) is 20.7. The highest BCUT2D eigenvalue weighted by Gasteiger charge is 2.21. The van der Waals surface area contributed by atoms with Crippen LogP contribution in [0.3, 0.4) is 0 Å². The van der Waals surface area contributed by atoms with Gasteiger partial charge < -0.3 is 20.3 Å². The predicted octanol–water partition coefficient (Wildman–Crippen LogP) is 3.97. The Morgan fingerprint density at radius 3 is 2.68 bits per heavy atom. The lowest BCUT2D eigenvalue weighted by molar-refractivity contribution is 0.322. The van der Waals surface area contributed by atoms with Gasteiger partial charge in [0.1, 0.15) is 11.6 Å². The van der Waals surface area contributed by atoms with Crippen LogP contribution in [0.1, 0.15) is 31.2 Å². The second kappa shape index (κ2) is 9.94. The quantitative estimate of drug-likeness (QED) is 0.695. The van der Waals surface area contributed by atoms with Gasteiger partial charge in [-0.2, -0.15) is 4.98 Å². The average Bonchev–Trinajstić information content (AvgIpc) is 2.70. The molecule has 6 nitrogen and oxygen atoms in total. The zero-order valence-corrected chi connectivity index (χ0v) is 17.7. The third-order valence-electron chi connectivity index (χ3n) is 5.28. The lowest BCUT2D eigenvalue weighted by atomic mass is 9.86. The van der Waals surface area contributed by atoms with Gasteiger partial charge in [0.25, 0.3) is 0 Å². The molecule has 1 fully saturated rings. The van der Waals surface area contributed by atoms with Gasteiger partial charge in [0, 0.05) is 43.5 Å². The topological polar surface area (TPSA) is 62.3 Å². The molecule has 2 N–H and O–H groups in total. The van der Waals surface area contributed by atoms with Crippen LogP contribution in [0.15, 0.2) is 30.5 Å². The zero-order chi connectivity index (χ0) is 19.9. The molecular formula is C21H30ClN5O. The SMILES string of the molecule is COc1cc(Cl)ccc1CNCC1CCC(Nc2nccc(N(C)C)n2)CC1. The largest absolute Gasteiger partial charge is 0.496 e. The highest BCUT2D eigenvalue weighted by atomic mass is 35.5. The maximum atomic E-state index is 6.03. The van der Waals surface area contributed by atoms with Gasteiger partial charge in [0.2, 0.25) is 5.95 Å². The zero-order valence-electron chi connectivity index (χ0n) is 16.9. The minimum atomic E-state index is 0.449. The number of nitrogens with zero attached hydrogens (tertiary/aromatic N) is 3. The van der Waals surface area contributed by atoms with Crippen LogP contribution >= 0.6 is 11.6 Å². The molecule has 1 saturated carbocycles. The second-order valence-electron chi connectivity index (χ2n) is 7.58. The Labute approximate surface area is 172 Å². The predicted molar refractivity (Wildman–Crippen MR) is 115 cm³/mol. The van der Waals surface area contributed by atoms with E-state index in [2.05, 4.69) is 20.6 Å². The Hall–Kier alpha value is -2.05. The lowest BCUT2D eigenvalue weighted by Gasteiger charge is -2.29. The fourth-order valence-corrected chi connectivity index (χ4v) is 3.80. The number of aromatic nitrogens is 2. The molecule has 1 aromatic heterocycles. The van der Waals surface area contributed by atoms with Crippen LogP contribution in [-0.2, 0) is 6.54 Å². The summed E-state index contributed by atoms with van der Waals surface area (Å²) in [4.78, 5) is 10.9. The molecule has 3 rings (SSSR count). The van der Waals surface area contributed by atoms with Gasteiger partial charge in [0.15, 0.2) is 0 Å². The van der Waals surface area contributed by atoms with Crippen LogP contribution in [0.25, 0.3) is 0 Å². The van der Waals surface area contributed by atoms with Gasteiger partial charge in [-0.1, -0.05) is 17.7 Å². The van der Waals surface area contributed by atoms with Crippen molar-refractivity contribution in [3.63, 3.8) is 0 Å². The Kier molecular flexibility index (Phi) is 7.34. The molecule has 1 heterocycles. The van der Waals surface area contributed by atoms with Gasteiger partial charge >= 0.3 is 0 Å². The van der Waals surface area contributed by atoms with E-state index in [1.165, 1.54) is 12.8 Å². The van der Waals surface area contributed by atoms with Crippen molar-refractivity contribution >= 4 is 23.4 Å². The van der Waals surface area contributed by atoms with Gasteiger partial charge in [-0.15, -0.1) is 0 Å². The summed E-state index contributed by atoms with van der Waals surface area (Å²) >= 11 is 6.03. The fraction of sp³-hybridized carbons (Fsp3) is 0.524. The van der Waals surface area contributed by atoms with Gasteiger partial charge in [0.05, 0.1) is 7.11 Å². The van der Waals surface area contributed by atoms with E-state index in [9.17, 15) is 0 Å². The molecule has 0 spiro atoms. The van der Waals surface area contributed by atoms with E-state index in [-0.39, 0.29) is 0 Å². The number of hydrogen-bond acceptors (Lipinski definition) is 6. The van der Waals surface area contributed by atoms with E-state index >= 15 is 0 Å². The maximum absolute atomic E-state index is 6.03. The van der Waals surface area contributed by atoms with E-state index in [4.69, 9.17) is 16.3 Å². The molecule has 0 unspecified atom stereocenters. The molecule has 0 atom stereocenters. The van der Waals surface area contributed by atoms with Crippen LogP contribution in [0.4, 0.5) is 11.8 Å². The van der Waals surface area contributed by atoms with Crippen molar-refractivity contribution < 1.29 is 4.74 Å². The van der Waals surface area contributed by atoms with Crippen LogP contribution in [0.5, 0.6) is 5.75 Å². The minimum Gasteiger partial charge on any atom is -0.496 e. The van der Waals surface area contributed by atoms with Crippen LogP contribution in [0, 0.1) is 5.92 Å². The van der Waals surface area contributed by atoms with Crippen molar-refractivity contribution in [1.29, 1.82) is 0 Å². The molecule has 0 aliphatic heterocycles. The lowest BCUT2D eigenvalue weighted by Crippen LogP contribution is -2.31. The molecule has 152 valence electrons. The molecule has 1 aliphatic rings. The third kappa shape index (κ3) is 5.72. The van der Waals surface area contributed by atoms with Gasteiger partial charge in [-0.25, -0.2) is 4.98 Å². The maximum Gasteiger partial charge on any atom is 0.224 e. The smallest absolute Gasteiger partial charge is 0.224 e. The monoisotopic (exact) mass is 403 g/mol. The number of ether oxygens (including phenoxy) is 1. The molecule has 2 aromatic rings. The van der Waals surface area contributed by atoms with Crippen LogP contribution in [-0.4, -0.2) is 43.8 Å². The molecule has 7 heteroatoms. The third-order valence-corrected chi connectivity index (χ3v) is 5.51. The highest BCUT2D eigenvalue weighted by molar-refractivity contribution is 6.30. The van der Waals surface area contributed by atoms with Crippen molar-refractivity contribution in [3.8, 4) is 5.75 Å². The number of nitrogens with one attached hydrogen (secondary N) is 2. The number of halogens is 1. The molecule has 1 aliphatic carbocycles. The molecule has 0 bridgehead atoms. The summed E-state index contributed by atoms with van der Waals surface area (Å²) in [5, 5.41) is 7.78. The normalized spacial score (nSPS) is 19.3. The van der Waals surface area contributed by atoms with Gasteiger partial charge in [-0.05, 0) is 56.3 Å². The van der Waals surface area contributed by atoms with E-state index in [1.54, 1.807) is 7.11 Å². The number of hydrogen-bond donors (Lipinski definition) is 2. The first-order valence-electron chi connectivity index (χ1n) is 9.85. The summed E-state index contributed by atoms with van der Waals surface area (Å²) in [7, 11) is 5.66. The van der Waals surface area contributed by atoms with E-state index < -0.39 is 0 Å². The van der Waals surface area contributed by atoms with Crippen molar-refractivity contribution in [2.75, 3.05) is 38.0 Å². The summed E-state index contributed by atoms with van der Waals surface area (Å²) < 4.78 is 5.41. The Bertz CT molecular complexity index is 762. The van der Waals surface area contributed by atoms with Gasteiger partial charge in [-0.3, -0.25) is 0 Å². The first-order chi connectivity index (χ1) is 13.5. The van der Waals surface area contributed by atoms with Crippen molar-refractivity contribution in [2.45, 2.75) is 38.3 Å². The van der Waals surface area contributed by atoms with Crippen molar-refractivity contribution in [1.82, 2.24) is 15.3 Å². The van der Waals surface area contributed by atoms with E-state index in [0.29, 0.717) is 17.0 Å². The highest BCUT2D eigenvalue weighted by Crippen LogP contribution is 2.27. The Balaban J connectivity index is 1.41. The summed E-state index contributed by atoms with van der Waals surface area (Å²) in [6, 6.07) is 8.17. The summed E-state index contributed by atoms with van der Waals surface area (Å²) in [6.07, 6.45) is 6.51. The summed E-state index contributed by atoms with van der Waals surface area (Å²) in [5.74, 6) is 3.19. The van der Waals surface area contributed by atoms with Crippen LogP contribution in [0.2, 0.25) is 5.02 Å². The molecule has 28 heavy (non-hydrogen) atoms.